The normalized spacial score (nSPS) is 20.7. The summed E-state index contributed by atoms with van der Waals surface area (Å²) in [6.07, 6.45) is -1.55. The second-order valence-corrected chi connectivity index (χ2v) is 6.77. The van der Waals surface area contributed by atoms with Crippen molar-refractivity contribution in [2.24, 2.45) is 7.05 Å². The molecule has 4 rings (SSSR count). The Balaban J connectivity index is 2.09. The summed E-state index contributed by atoms with van der Waals surface area (Å²) in [7, 11) is 3.02. The van der Waals surface area contributed by atoms with E-state index in [0.29, 0.717) is 16.8 Å². The number of nitrogens with zero attached hydrogens (tertiary/aromatic N) is 5. The second kappa shape index (κ2) is 7.15. The molecule has 1 amide bonds. The first-order valence-electron chi connectivity index (χ1n) is 10.8. The molecule has 0 aliphatic carbocycles. The van der Waals surface area contributed by atoms with E-state index in [4.69, 9.17) is 22.5 Å². The molecule has 1 aliphatic rings. The van der Waals surface area contributed by atoms with E-state index in [2.05, 4.69) is 14.9 Å². The number of pyridine rings is 1. The number of amides is 1. The van der Waals surface area contributed by atoms with E-state index in [9.17, 15) is 9.18 Å². The fraction of sp³-hybridized carbons (Fsp3) is 0.238. The smallest absolute Gasteiger partial charge is 0.260 e. The Hall–Kier alpha value is -3.93. The first kappa shape index (κ1) is 15.0. The molecule has 9 heteroatoms. The Morgan fingerprint density at radius 3 is 2.97 bits per heavy atom. The van der Waals surface area contributed by atoms with Crippen molar-refractivity contribution in [3.63, 3.8) is 0 Å². The summed E-state index contributed by atoms with van der Waals surface area (Å²) in [5, 5.41) is 4.37. The first-order valence-corrected chi connectivity index (χ1v) is 8.81. The van der Waals surface area contributed by atoms with Gasteiger partial charge in [-0.25, -0.2) is 14.1 Å². The number of benzene rings is 1. The van der Waals surface area contributed by atoms with Gasteiger partial charge in [0.15, 0.2) is 11.6 Å². The Morgan fingerprint density at radius 2 is 2.23 bits per heavy atom. The number of fused-ring (bicyclic) bond motifs is 5. The van der Waals surface area contributed by atoms with E-state index in [1.807, 2.05) is 0 Å². The summed E-state index contributed by atoms with van der Waals surface area (Å²) in [5.41, 5.74) is 6.28. The van der Waals surface area contributed by atoms with Crippen LogP contribution in [0.5, 0.6) is 5.75 Å². The van der Waals surface area contributed by atoms with Crippen LogP contribution >= 0.6 is 0 Å². The zero-order chi connectivity index (χ0) is 25.0. The monoisotopic (exact) mass is 410 g/mol. The molecule has 1 atom stereocenters. The molecule has 2 aromatic heterocycles. The van der Waals surface area contributed by atoms with Crippen LogP contribution in [0.3, 0.4) is 0 Å². The fourth-order valence-electron chi connectivity index (χ4n) is 3.34. The number of ether oxygens (including phenoxy) is 1. The first-order chi connectivity index (χ1) is 15.9. The minimum atomic E-state index is -3.16. The summed E-state index contributed by atoms with van der Waals surface area (Å²) in [6.45, 7) is 4.35. The molecule has 1 aromatic carbocycles. The van der Waals surface area contributed by atoms with E-state index in [1.165, 1.54) is 28.9 Å². The third-order valence-corrected chi connectivity index (χ3v) is 4.77. The predicted molar refractivity (Wildman–Crippen MR) is 108 cm³/mol. The van der Waals surface area contributed by atoms with Gasteiger partial charge < -0.3 is 20.2 Å². The van der Waals surface area contributed by atoms with Crippen molar-refractivity contribution >= 4 is 17.5 Å². The van der Waals surface area contributed by atoms with Crippen LogP contribution in [-0.2, 0) is 13.6 Å². The Bertz CT molecular complexity index is 1370. The minimum Gasteiger partial charge on any atom is -0.482 e. The van der Waals surface area contributed by atoms with Crippen LogP contribution in [-0.4, -0.2) is 32.6 Å². The average Bonchev–Trinajstić information content (AvgIpc) is 3.07. The second-order valence-electron chi connectivity index (χ2n) is 6.77. The van der Waals surface area contributed by atoms with Crippen LogP contribution in [0, 0.1) is 12.4 Å². The van der Waals surface area contributed by atoms with Gasteiger partial charge in [-0.15, -0.1) is 5.10 Å². The third-order valence-electron chi connectivity index (χ3n) is 4.77. The van der Waals surface area contributed by atoms with Gasteiger partial charge in [-0.1, -0.05) is 6.57 Å². The van der Waals surface area contributed by atoms with Crippen molar-refractivity contribution in [1.82, 2.24) is 19.7 Å². The van der Waals surface area contributed by atoms with Gasteiger partial charge in [0.2, 0.25) is 0 Å². The summed E-state index contributed by atoms with van der Waals surface area (Å²) in [6, 6.07) is 4.25. The molecule has 8 nitrogen and oxygen atoms in total. The molecule has 3 aromatic rings. The van der Waals surface area contributed by atoms with Crippen molar-refractivity contribution in [2.75, 3.05) is 12.8 Å². The maximum Gasteiger partial charge on any atom is 0.260 e. The van der Waals surface area contributed by atoms with Gasteiger partial charge in [-0.2, -0.15) is 0 Å². The zero-order valence-electron chi connectivity index (χ0n) is 20.1. The number of nitrogen functional groups attached to an aromatic ring is 1. The maximum atomic E-state index is 14.3. The molecule has 152 valence electrons. The highest BCUT2D eigenvalue weighted by Gasteiger charge is 2.27. The molecule has 2 bridgehead atoms. The van der Waals surface area contributed by atoms with Gasteiger partial charge in [0, 0.05) is 34.0 Å². The van der Waals surface area contributed by atoms with Crippen molar-refractivity contribution in [2.45, 2.75) is 19.5 Å². The highest BCUT2D eigenvalue weighted by atomic mass is 19.1. The summed E-state index contributed by atoms with van der Waals surface area (Å²) in [5.74, 6) is -1.88. The highest BCUT2D eigenvalue weighted by molar-refractivity contribution is 5.96. The molecule has 2 N–H and O–H groups in total. The quantitative estimate of drug-likeness (QED) is 0.573. The number of nitrogens with two attached hydrogens (primary N) is 1. The van der Waals surface area contributed by atoms with Gasteiger partial charge in [0.1, 0.15) is 17.6 Å². The molecule has 0 saturated heterocycles. The molecule has 0 fully saturated rings. The van der Waals surface area contributed by atoms with E-state index < -0.39 is 30.2 Å². The SMILES string of the molecule is [2H]C([2H])([2H])C1([2H])Oc2cc(cnc2N)-c2c(nn(C)c2[N+]#[C-])CN(C)C(=O)c2ccc(F)cc21. The largest absolute Gasteiger partial charge is 0.482 e. The Kier molecular flexibility index (Phi) is 3.57. The number of carbonyl (C=O) groups excluding carboxylic acids is 1. The molecular weight excluding hydrogens is 387 g/mol. The lowest BCUT2D eigenvalue weighted by molar-refractivity contribution is 0.0778. The van der Waals surface area contributed by atoms with Gasteiger partial charge in [0.05, 0.1) is 15.0 Å². The average molecular weight is 410 g/mol. The minimum absolute atomic E-state index is 0.0618. The molecular formula is C21H19FN6O2. The highest BCUT2D eigenvalue weighted by Crippen LogP contribution is 2.38. The van der Waals surface area contributed by atoms with Gasteiger partial charge in [0.25, 0.3) is 11.7 Å². The maximum absolute atomic E-state index is 14.3. The van der Waals surface area contributed by atoms with E-state index in [-0.39, 0.29) is 29.5 Å². The van der Waals surface area contributed by atoms with Crippen LogP contribution in [0.25, 0.3) is 16.0 Å². The molecule has 30 heavy (non-hydrogen) atoms. The molecule has 0 spiro atoms. The van der Waals surface area contributed by atoms with Crippen molar-refractivity contribution < 1.29 is 19.4 Å². The van der Waals surface area contributed by atoms with Gasteiger partial charge in [-0.3, -0.25) is 4.79 Å². The van der Waals surface area contributed by atoms with Crippen LogP contribution < -0.4 is 10.5 Å². The summed E-state index contributed by atoms with van der Waals surface area (Å²) < 4.78 is 54.1. The number of aromatic nitrogens is 3. The van der Waals surface area contributed by atoms with Crippen LogP contribution in [0.2, 0.25) is 0 Å². The number of rotatable bonds is 0. The van der Waals surface area contributed by atoms with Crippen molar-refractivity contribution in [3.8, 4) is 16.9 Å². The molecule has 0 saturated carbocycles. The predicted octanol–water partition coefficient (Wildman–Crippen LogP) is 3.48. The lowest BCUT2D eigenvalue weighted by atomic mass is 10.0. The van der Waals surface area contributed by atoms with E-state index in [0.717, 1.165) is 18.2 Å². The van der Waals surface area contributed by atoms with Gasteiger partial charge >= 0.3 is 0 Å². The number of hydrogen-bond donors (Lipinski definition) is 1. The van der Waals surface area contributed by atoms with Crippen molar-refractivity contribution in [3.05, 3.63) is 64.5 Å². The standard InChI is InChI=1S/C21H19FN6O2/c1-11-15-8-13(22)5-6-14(15)21(29)27(3)10-16-18(20(24-2)28(4)26-16)12-7-17(30-11)19(23)25-9-12/h5-9,11H,10H2,1,3-4H3,(H2,23,25)/i1D3,11D. The summed E-state index contributed by atoms with van der Waals surface area (Å²) in [4.78, 5) is 22.2. The number of aryl methyl sites for hydroxylation is 1. The zero-order valence-corrected chi connectivity index (χ0v) is 16.1. The lowest BCUT2D eigenvalue weighted by Gasteiger charge is -2.23. The molecule has 1 aliphatic heterocycles. The van der Waals surface area contributed by atoms with E-state index in [1.54, 1.807) is 7.05 Å². The summed E-state index contributed by atoms with van der Waals surface area (Å²) >= 11 is 0. The number of hydrogen-bond acceptors (Lipinski definition) is 5. The van der Waals surface area contributed by atoms with Crippen LogP contribution in [0.1, 0.15) is 40.0 Å². The number of halogens is 1. The van der Waals surface area contributed by atoms with E-state index >= 15 is 0 Å². The lowest BCUT2D eigenvalue weighted by Crippen LogP contribution is -2.28. The molecule has 1 unspecified atom stereocenters. The van der Waals surface area contributed by atoms with Crippen LogP contribution in [0.4, 0.5) is 16.0 Å². The van der Waals surface area contributed by atoms with Crippen molar-refractivity contribution in [1.29, 1.82) is 0 Å². The van der Waals surface area contributed by atoms with Crippen LogP contribution in [0.15, 0.2) is 30.5 Å². The molecule has 0 radical (unpaired) electrons. The molecule has 3 heterocycles. The topological polar surface area (TPSA) is 90.6 Å². The third kappa shape index (κ3) is 3.12. The van der Waals surface area contributed by atoms with Gasteiger partial charge in [-0.05, 0) is 36.7 Å². The number of carbonyl (C=O) groups is 1. The fourth-order valence-corrected chi connectivity index (χ4v) is 3.34. The Morgan fingerprint density at radius 1 is 1.43 bits per heavy atom. The Labute approximate surface area is 178 Å². The number of anilines is 1.